The lowest BCUT2D eigenvalue weighted by molar-refractivity contribution is -0.0367. The molecule has 154 valence electrons. The van der Waals surface area contributed by atoms with Crippen molar-refractivity contribution in [2.24, 2.45) is 0 Å². The van der Waals surface area contributed by atoms with Crippen molar-refractivity contribution in [1.29, 1.82) is 0 Å². The van der Waals surface area contributed by atoms with Crippen LogP contribution < -0.4 is 4.74 Å². The Morgan fingerprint density at radius 2 is 2.00 bits per heavy atom. The van der Waals surface area contributed by atoms with E-state index in [2.05, 4.69) is 29.1 Å². The molecular formula is C21H27N5O3. The molecule has 1 fully saturated rings. The molecule has 0 N–H and O–H groups in total. The van der Waals surface area contributed by atoms with E-state index in [1.807, 2.05) is 10.7 Å². The van der Waals surface area contributed by atoms with Gasteiger partial charge in [-0.3, -0.25) is 0 Å². The number of fused-ring (bicyclic) bond motifs is 4. The molecule has 3 aromatic rings. The summed E-state index contributed by atoms with van der Waals surface area (Å²) in [6.07, 6.45) is 7.53. The van der Waals surface area contributed by atoms with Crippen molar-refractivity contribution >= 4 is 10.9 Å². The van der Waals surface area contributed by atoms with Gasteiger partial charge in [-0.15, -0.1) is 10.2 Å². The molecule has 5 rings (SSSR count). The van der Waals surface area contributed by atoms with Gasteiger partial charge in [-0.1, -0.05) is 0 Å². The molecule has 0 radical (unpaired) electrons. The van der Waals surface area contributed by atoms with Crippen LogP contribution in [0.2, 0.25) is 0 Å². The van der Waals surface area contributed by atoms with E-state index in [4.69, 9.17) is 19.3 Å². The van der Waals surface area contributed by atoms with E-state index in [1.54, 1.807) is 11.0 Å². The van der Waals surface area contributed by atoms with Crippen molar-refractivity contribution in [2.45, 2.75) is 57.8 Å². The van der Waals surface area contributed by atoms with Crippen molar-refractivity contribution in [3.05, 3.63) is 30.4 Å². The fraction of sp³-hybridized carbons (Fsp3) is 0.571. The SMILES string of the molecule is C[C@@H]1CCOCCCc2ncn(n2)-c2nn(C3CCCCO3)c3ccc(cc23)O1. The first-order valence-corrected chi connectivity index (χ1v) is 10.6. The first kappa shape index (κ1) is 18.6. The molecule has 2 atom stereocenters. The Labute approximate surface area is 169 Å². The van der Waals surface area contributed by atoms with E-state index in [-0.39, 0.29) is 12.3 Å². The Kier molecular flexibility index (Phi) is 5.20. The summed E-state index contributed by atoms with van der Waals surface area (Å²) < 4.78 is 21.7. The second-order valence-electron chi connectivity index (χ2n) is 7.81. The third kappa shape index (κ3) is 3.86. The third-order valence-corrected chi connectivity index (χ3v) is 5.54. The predicted molar refractivity (Wildman–Crippen MR) is 107 cm³/mol. The summed E-state index contributed by atoms with van der Waals surface area (Å²) in [6.45, 7) is 4.24. The number of rotatable bonds is 1. The Bertz CT molecular complexity index is 976. The lowest BCUT2D eigenvalue weighted by atomic mass is 10.2. The molecule has 4 bridgehead atoms. The van der Waals surface area contributed by atoms with Gasteiger partial charge in [0.25, 0.3) is 0 Å². The lowest BCUT2D eigenvalue weighted by Crippen LogP contribution is -2.19. The van der Waals surface area contributed by atoms with Crippen LogP contribution in [-0.4, -0.2) is 50.5 Å². The van der Waals surface area contributed by atoms with Crippen LogP contribution in [0.15, 0.2) is 24.5 Å². The van der Waals surface area contributed by atoms with E-state index >= 15 is 0 Å². The van der Waals surface area contributed by atoms with Crippen LogP contribution in [-0.2, 0) is 15.9 Å². The highest BCUT2D eigenvalue weighted by Gasteiger charge is 2.23. The first-order valence-electron chi connectivity index (χ1n) is 10.6. The predicted octanol–water partition coefficient (Wildman–Crippen LogP) is 3.44. The van der Waals surface area contributed by atoms with E-state index in [1.165, 1.54) is 0 Å². The molecule has 0 spiro atoms. The number of nitrogens with zero attached hydrogens (tertiary/aromatic N) is 5. The van der Waals surface area contributed by atoms with Gasteiger partial charge in [-0.25, -0.2) is 9.67 Å². The Hall–Kier alpha value is -2.45. The van der Waals surface area contributed by atoms with Gasteiger partial charge in [0, 0.05) is 26.1 Å². The van der Waals surface area contributed by atoms with Crippen molar-refractivity contribution in [1.82, 2.24) is 24.5 Å². The second kappa shape index (κ2) is 8.12. The van der Waals surface area contributed by atoms with Crippen LogP contribution in [0.5, 0.6) is 5.75 Å². The minimum atomic E-state index is -0.0450. The van der Waals surface area contributed by atoms with Crippen LogP contribution in [0, 0.1) is 0 Å². The summed E-state index contributed by atoms with van der Waals surface area (Å²) in [6, 6.07) is 6.13. The van der Waals surface area contributed by atoms with Crippen molar-refractivity contribution in [3.8, 4) is 11.6 Å². The Balaban J connectivity index is 1.60. The fourth-order valence-corrected chi connectivity index (χ4v) is 3.97. The molecule has 1 aromatic carbocycles. The number of ether oxygens (including phenoxy) is 3. The second-order valence-corrected chi connectivity index (χ2v) is 7.81. The van der Waals surface area contributed by atoms with Gasteiger partial charge in [0.15, 0.2) is 17.9 Å². The number of aromatic nitrogens is 5. The topological polar surface area (TPSA) is 76.2 Å². The van der Waals surface area contributed by atoms with Gasteiger partial charge in [-0.2, -0.15) is 4.68 Å². The fourth-order valence-electron chi connectivity index (χ4n) is 3.97. The summed E-state index contributed by atoms with van der Waals surface area (Å²) in [5.41, 5.74) is 1.02. The number of benzene rings is 1. The van der Waals surface area contributed by atoms with Crippen molar-refractivity contribution < 1.29 is 14.2 Å². The monoisotopic (exact) mass is 397 g/mol. The average Bonchev–Trinajstić information content (AvgIpc) is 3.35. The smallest absolute Gasteiger partial charge is 0.184 e. The number of hydrogen-bond donors (Lipinski definition) is 0. The molecular weight excluding hydrogens is 370 g/mol. The number of hydrogen-bond acceptors (Lipinski definition) is 6. The minimum Gasteiger partial charge on any atom is -0.491 e. The van der Waals surface area contributed by atoms with Crippen LogP contribution in [0.1, 0.15) is 51.1 Å². The molecule has 0 saturated carbocycles. The van der Waals surface area contributed by atoms with Gasteiger partial charge >= 0.3 is 0 Å². The van der Waals surface area contributed by atoms with E-state index in [0.29, 0.717) is 13.2 Å². The van der Waals surface area contributed by atoms with Gasteiger partial charge in [0.1, 0.15) is 12.1 Å². The summed E-state index contributed by atoms with van der Waals surface area (Å²) in [5, 5.41) is 10.6. The van der Waals surface area contributed by atoms with Gasteiger partial charge in [0.2, 0.25) is 0 Å². The highest BCUT2D eigenvalue weighted by molar-refractivity contribution is 5.87. The molecule has 1 unspecified atom stereocenters. The summed E-state index contributed by atoms with van der Waals surface area (Å²) in [4.78, 5) is 4.47. The summed E-state index contributed by atoms with van der Waals surface area (Å²) in [7, 11) is 0. The van der Waals surface area contributed by atoms with E-state index < -0.39 is 0 Å². The summed E-state index contributed by atoms with van der Waals surface area (Å²) >= 11 is 0. The van der Waals surface area contributed by atoms with Crippen LogP contribution in [0.3, 0.4) is 0 Å². The normalized spacial score (nSPS) is 23.5. The zero-order valence-electron chi connectivity index (χ0n) is 16.8. The van der Waals surface area contributed by atoms with Gasteiger partial charge in [0.05, 0.1) is 23.6 Å². The molecule has 4 heterocycles. The molecule has 2 aromatic heterocycles. The van der Waals surface area contributed by atoms with E-state index in [9.17, 15) is 0 Å². The molecule has 1 saturated heterocycles. The standard InChI is InChI=1S/C21H27N5O3/c1-15-9-12-27-10-4-5-19-22-14-25(23-19)21-17-13-16(29-15)7-8-18(17)26(24-21)20-6-2-3-11-28-20/h7-8,13-15,20H,2-6,9-12H2,1H3/t15-,20?/m1/s1. The Morgan fingerprint density at radius 3 is 2.90 bits per heavy atom. The van der Waals surface area contributed by atoms with E-state index in [0.717, 1.165) is 73.4 Å². The molecule has 8 heteroatoms. The van der Waals surface area contributed by atoms with Crippen molar-refractivity contribution in [3.63, 3.8) is 0 Å². The largest absolute Gasteiger partial charge is 0.491 e. The maximum absolute atomic E-state index is 6.15. The quantitative estimate of drug-likeness (QED) is 0.626. The van der Waals surface area contributed by atoms with Gasteiger partial charge < -0.3 is 14.2 Å². The first-order chi connectivity index (χ1) is 14.3. The maximum Gasteiger partial charge on any atom is 0.184 e. The molecule has 29 heavy (non-hydrogen) atoms. The molecule has 0 aliphatic carbocycles. The zero-order valence-corrected chi connectivity index (χ0v) is 16.8. The molecule has 2 aliphatic rings. The average molecular weight is 397 g/mol. The van der Waals surface area contributed by atoms with Crippen LogP contribution >= 0.6 is 0 Å². The number of aryl methyl sites for hydroxylation is 1. The highest BCUT2D eigenvalue weighted by Crippen LogP contribution is 2.32. The summed E-state index contributed by atoms with van der Waals surface area (Å²) in [5.74, 6) is 2.39. The van der Waals surface area contributed by atoms with Crippen LogP contribution in [0.4, 0.5) is 0 Å². The van der Waals surface area contributed by atoms with Gasteiger partial charge in [-0.05, 0) is 50.8 Å². The molecule has 8 nitrogen and oxygen atoms in total. The third-order valence-electron chi connectivity index (χ3n) is 5.54. The highest BCUT2D eigenvalue weighted by atomic mass is 16.5. The minimum absolute atomic E-state index is 0.0450. The maximum atomic E-state index is 6.15. The lowest BCUT2D eigenvalue weighted by Gasteiger charge is -2.23. The zero-order chi connectivity index (χ0) is 19.6. The van der Waals surface area contributed by atoms with Crippen molar-refractivity contribution in [2.75, 3.05) is 19.8 Å². The molecule has 0 amide bonds. The Morgan fingerprint density at radius 1 is 1.03 bits per heavy atom. The van der Waals surface area contributed by atoms with Crippen LogP contribution in [0.25, 0.3) is 16.7 Å². The molecule has 2 aliphatic heterocycles.